The van der Waals surface area contributed by atoms with Crippen LogP contribution in [0.1, 0.15) is 5.56 Å². The Morgan fingerprint density at radius 2 is 1.71 bits per heavy atom. The minimum Gasteiger partial charge on any atom is -0.493 e. The lowest BCUT2D eigenvalue weighted by molar-refractivity contribution is 0.0854. The van der Waals surface area contributed by atoms with Gasteiger partial charge in [0.15, 0.2) is 5.69 Å². The summed E-state index contributed by atoms with van der Waals surface area (Å²) in [6, 6.07) is 9.74. The molecular weight excluding hydrogens is 542 g/mol. The first kappa shape index (κ1) is 28.7. The number of rotatable bonds is 11. The van der Waals surface area contributed by atoms with Crippen LogP contribution in [0, 0.1) is 6.92 Å². The zero-order chi connectivity index (χ0) is 28.1. The van der Waals surface area contributed by atoms with E-state index in [0.29, 0.717) is 0 Å². The quantitative estimate of drug-likeness (QED) is 0.129. The number of nitrogens with zero attached hydrogens (tertiary/aromatic N) is 3. The highest BCUT2D eigenvalue weighted by Gasteiger charge is 2.18. The van der Waals surface area contributed by atoms with E-state index < -0.39 is 36.5 Å². The Bertz CT molecular complexity index is 1620. The highest BCUT2D eigenvalue weighted by atomic mass is 32.2. The standard InChI is InChI=1S/C22H25N5O9S2/c1-14-19(23)21(29)27(9-11-36-12-10-28)22(30)20(14)25-24-15-5-7-17(8-6-15)37(31,32)26-16-3-2-4-18(13-16)38(33,34)35/h2-8,13,26,28-29H,9-12,23H2,1H3,(H,33,34,35). The lowest BCUT2D eigenvalue weighted by atomic mass is 10.2. The summed E-state index contributed by atoms with van der Waals surface area (Å²) in [5.41, 5.74) is 5.31. The number of aromatic nitrogens is 1. The van der Waals surface area contributed by atoms with Gasteiger partial charge in [0.2, 0.25) is 5.88 Å². The highest BCUT2D eigenvalue weighted by molar-refractivity contribution is 7.92. The maximum atomic E-state index is 12.8. The Morgan fingerprint density at radius 3 is 2.34 bits per heavy atom. The molecule has 38 heavy (non-hydrogen) atoms. The molecule has 0 saturated heterocycles. The molecule has 0 radical (unpaired) electrons. The number of aromatic hydroxyl groups is 1. The Morgan fingerprint density at radius 1 is 1.03 bits per heavy atom. The van der Waals surface area contributed by atoms with Gasteiger partial charge in [0.25, 0.3) is 25.7 Å². The van der Waals surface area contributed by atoms with Gasteiger partial charge >= 0.3 is 0 Å². The van der Waals surface area contributed by atoms with Crippen molar-refractivity contribution in [3.63, 3.8) is 0 Å². The number of aliphatic hydroxyl groups excluding tert-OH is 1. The van der Waals surface area contributed by atoms with Crippen LogP contribution in [0.5, 0.6) is 5.88 Å². The molecule has 0 fully saturated rings. The third kappa shape index (κ3) is 6.73. The molecule has 2 aromatic carbocycles. The van der Waals surface area contributed by atoms with Gasteiger partial charge in [-0.1, -0.05) is 6.07 Å². The molecule has 14 nitrogen and oxygen atoms in total. The smallest absolute Gasteiger partial charge is 0.294 e. The fraction of sp³-hybridized carbons (Fsp3) is 0.227. The van der Waals surface area contributed by atoms with Crippen LogP contribution in [-0.4, -0.2) is 56.0 Å². The number of nitrogens with one attached hydrogen (secondary N) is 1. The van der Waals surface area contributed by atoms with Crippen molar-refractivity contribution in [2.75, 3.05) is 30.3 Å². The van der Waals surface area contributed by atoms with Gasteiger partial charge in [-0.25, -0.2) is 8.42 Å². The zero-order valence-electron chi connectivity index (χ0n) is 20.0. The summed E-state index contributed by atoms with van der Waals surface area (Å²) in [5.74, 6) is -0.455. The number of nitrogens with two attached hydrogens (primary N) is 1. The van der Waals surface area contributed by atoms with E-state index in [1.165, 1.54) is 43.3 Å². The van der Waals surface area contributed by atoms with E-state index in [1.807, 2.05) is 0 Å². The normalized spacial score (nSPS) is 12.2. The Balaban J connectivity index is 1.83. The summed E-state index contributed by atoms with van der Waals surface area (Å²) < 4.78 is 65.4. The molecule has 0 aliphatic carbocycles. The molecule has 0 aliphatic heterocycles. The van der Waals surface area contributed by atoms with Crippen LogP contribution in [0.3, 0.4) is 0 Å². The Hall–Kier alpha value is -3.83. The molecule has 3 rings (SSSR count). The molecule has 0 atom stereocenters. The third-order valence-electron chi connectivity index (χ3n) is 5.19. The lowest BCUT2D eigenvalue weighted by Gasteiger charge is -2.13. The molecule has 1 heterocycles. The van der Waals surface area contributed by atoms with Crippen LogP contribution in [0.25, 0.3) is 0 Å². The number of sulfonamides is 1. The summed E-state index contributed by atoms with van der Waals surface area (Å²) in [7, 11) is -8.65. The van der Waals surface area contributed by atoms with Crippen molar-refractivity contribution in [3.8, 4) is 5.88 Å². The van der Waals surface area contributed by atoms with E-state index in [2.05, 4.69) is 15.0 Å². The van der Waals surface area contributed by atoms with Crippen LogP contribution in [0.2, 0.25) is 0 Å². The molecule has 6 N–H and O–H groups in total. The van der Waals surface area contributed by atoms with Crippen molar-refractivity contribution >= 4 is 42.9 Å². The van der Waals surface area contributed by atoms with Gasteiger partial charge in [0.1, 0.15) is 0 Å². The van der Waals surface area contributed by atoms with Crippen molar-refractivity contribution in [1.29, 1.82) is 0 Å². The predicted octanol–water partition coefficient (Wildman–Crippen LogP) is 1.92. The number of aliphatic hydroxyl groups is 1. The number of pyridine rings is 1. The maximum Gasteiger partial charge on any atom is 0.294 e. The van der Waals surface area contributed by atoms with Crippen LogP contribution < -0.4 is 16.0 Å². The van der Waals surface area contributed by atoms with Gasteiger partial charge in [0, 0.05) is 5.56 Å². The molecule has 3 aromatic rings. The monoisotopic (exact) mass is 567 g/mol. The van der Waals surface area contributed by atoms with Gasteiger partial charge in [0.05, 0.1) is 53.2 Å². The maximum absolute atomic E-state index is 12.8. The van der Waals surface area contributed by atoms with E-state index in [-0.39, 0.29) is 59.6 Å². The van der Waals surface area contributed by atoms with Crippen molar-refractivity contribution in [2.45, 2.75) is 23.3 Å². The van der Waals surface area contributed by atoms with Crippen LogP contribution in [-0.2, 0) is 31.4 Å². The summed E-state index contributed by atoms with van der Waals surface area (Å²) >= 11 is 0. The Labute approximate surface area is 217 Å². The largest absolute Gasteiger partial charge is 0.493 e. The topological polar surface area (TPSA) is 223 Å². The molecule has 204 valence electrons. The Kier molecular flexibility index (Phi) is 8.85. The highest BCUT2D eigenvalue weighted by Crippen LogP contribution is 2.29. The summed E-state index contributed by atoms with van der Waals surface area (Å²) in [5, 5.41) is 26.9. The average molecular weight is 568 g/mol. The molecule has 16 heteroatoms. The summed E-state index contributed by atoms with van der Waals surface area (Å²) in [6.45, 7) is 1.31. The fourth-order valence-electron chi connectivity index (χ4n) is 3.21. The average Bonchev–Trinajstić information content (AvgIpc) is 2.86. The minimum absolute atomic E-state index is 0.0250. The van der Waals surface area contributed by atoms with Gasteiger partial charge in [-0.3, -0.25) is 18.6 Å². The number of nitrogen functional groups attached to an aromatic ring is 1. The van der Waals surface area contributed by atoms with E-state index in [1.54, 1.807) is 0 Å². The molecule has 0 bridgehead atoms. The second-order valence-corrected chi connectivity index (χ2v) is 10.9. The second-order valence-electron chi connectivity index (χ2n) is 7.81. The van der Waals surface area contributed by atoms with Crippen LogP contribution >= 0.6 is 0 Å². The number of benzene rings is 2. The van der Waals surface area contributed by atoms with E-state index in [4.69, 9.17) is 20.1 Å². The van der Waals surface area contributed by atoms with Gasteiger partial charge < -0.3 is 20.7 Å². The van der Waals surface area contributed by atoms with E-state index in [9.17, 15) is 26.7 Å². The summed E-state index contributed by atoms with van der Waals surface area (Å²) in [6.07, 6.45) is 0. The minimum atomic E-state index is -4.52. The zero-order valence-corrected chi connectivity index (χ0v) is 21.6. The fourth-order valence-corrected chi connectivity index (χ4v) is 4.78. The van der Waals surface area contributed by atoms with Crippen molar-refractivity contribution in [2.24, 2.45) is 10.2 Å². The number of azo groups is 1. The summed E-state index contributed by atoms with van der Waals surface area (Å²) in [4.78, 5) is 12.2. The molecule has 0 unspecified atom stereocenters. The first-order chi connectivity index (χ1) is 17.8. The lowest BCUT2D eigenvalue weighted by Crippen LogP contribution is -2.24. The van der Waals surface area contributed by atoms with E-state index >= 15 is 0 Å². The first-order valence-corrected chi connectivity index (χ1v) is 13.8. The van der Waals surface area contributed by atoms with Crippen LogP contribution in [0.4, 0.5) is 22.7 Å². The van der Waals surface area contributed by atoms with Crippen molar-refractivity contribution in [3.05, 3.63) is 64.4 Å². The molecular formula is C22H25N5O9S2. The molecule has 0 amide bonds. The number of hydrogen-bond acceptors (Lipinski definition) is 11. The van der Waals surface area contributed by atoms with Gasteiger partial charge in [-0.05, 0) is 49.4 Å². The second kappa shape index (κ2) is 11.7. The molecule has 0 spiro atoms. The van der Waals surface area contributed by atoms with Gasteiger partial charge in [-0.15, -0.1) is 5.11 Å². The predicted molar refractivity (Wildman–Crippen MR) is 137 cm³/mol. The van der Waals surface area contributed by atoms with Crippen molar-refractivity contribution in [1.82, 2.24) is 4.57 Å². The van der Waals surface area contributed by atoms with Crippen molar-refractivity contribution < 1.29 is 36.3 Å². The number of hydrogen-bond donors (Lipinski definition) is 5. The molecule has 0 aliphatic rings. The van der Waals surface area contributed by atoms with E-state index in [0.717, 1.165) is 16.7 Å². The molecule has 0 saturated carbocycles. The first-order valence-electron chi connectivity index (χ1n) is 10.9. The van der Waals surface area contributed by atoms with Gasteiger partial charge in [-0.2, -0.15) is 13.5 Å². The number of ether oxygens (including phenoxy) is 1. The molecule has 1 aromatic heterocycles. The van der Waals surface area contributed by atoms with Crippen LogP contribution in [0.15, 0.2) is 73.3 Å². The third-order valence-corrected chi connectivity index (χ3v) is 7.44. The number of anilines is 2. The SMILES string of the molecule is Cc1c(N)c(O)n(CCOCCO)c(=O)c1N=Nc1ccc(S(=O)(=O)Nc2cccc(S(=O)(=O)O)c2)cc1.